The van der Waals surface area contributed by atoms with Gasteiger partial charge in [-0.25, -0.2) is 12.8 Å². The van der Waals surface area contributed by atoms with Crippen molar-refractivity contribution in [2.45, 2.75) is 6.54 Å². The molecule has 1 saturated heterocycles. The number of carbonyl (C=O) groups is 2. The van der Waals surface area contributed by atoms with Crippen LogP contribution in [0, 0.1) is 5.82 Å². The fraction of sp³-hybridized carbons (Fsp3) is 0.273. The number of rotatable bonds is 2. The van der Waals surface area contributed by atoms with E-state index in [-0.39, 0.29) is 6.54 Å². The van der Waals surface area contributed by atoms with Crippen LogP contribution in [0.5, 0.6) is 0 Å². The van der Waals surface area contributed by atoms with Crippen LogP contribution in [-0.4, -0.2) is 36.6 Å². The minimum atomic E-state index is -3.61. The van der Waals surface area contributed by atoms with Crippen molar-refractivity contribution in [3.63, 3.8) is 0 Å². The van der Waals surface area contributed by atoms with E-state index in [0.717, 1.165) is 4.90 Å². The molecule has 0 spiro atoms. The standard InChI is InChI=1S/C11H10FNO4S/c12-9-3-1-8(2-4-9)5-13-10(14)6-18(16,17)7-11(13)15/h1-4H,5-7H2. The highest BCUT2D eigenvalue weighted by molar-refractivity contribution is 7.92. The molecule has 0 atom stereocenters. The molecule has 1 aliphatic heterocycles. The lowest BCUT2D eigenvalue weighted by molar-refractivity contribution is -0.143. The van der Waals surface area contributed by atoms with Crippen molar-refractivity contribution in [3.05, 3.63) is 35.6 Å². The summed E-state index contributed by atoms with van der Waals surface area (Å²) in [7, 11) is -3.61. The first-order valence-electron chi connectivity index (χ1n) is 5.15. The number of benzene rings is 1. The van der Waals surface area contributed by atoms with E-state index in [4.69, 9.17) is 0 Å². The van der Waals surface area contributed by atoms with E-state index in [9.17, 15) is 22.4 Å². The Morgan fingerprint density at radius 2 is 1.56 bits per heavy atom. The van der Waals surface area contributed by atoms with Crippen LogP contribution in [0.4, 0.5) is 4.39 Å². The van der Waals surface area contributed by atoms with Gasteiger partial charge in [-0.2, -0.15) is 0 Å². The maximum absolute atomic E-state index is 12.7. The Labute approximate surface area is 103 Å². The van der Waals surface area contributed by atoms with Gasteiger partial charge in [-0.05, 0) is 17.7 Å². The van der Waals surface area contributed by atoms with E-state index in [1.165, 1.54) is 24.3 Å². The lowest BCUT2D eigenvalue weighted by Crippen LogP contribution is -2.48. The summed E-state index contributed by atoms with van der Waals surface area (Å²) in [5.74, 6) is -3.20. The van der Waals surface area contributed by atoms with Crippen molar-refractivity contribution in [1.82, 2.24) is 4.90 Å². The number of hydrogen-bond donors (Lipinski definition) is 0. The number of amides is 2. The van der Waals surface area contributed by atoms with Gasteiger partial charge in [0, 0.05) is 0 Å². The number of nitrogens with zero attached hydrogens (tertiary/aromatic N) is 1. The fourth-order valence-electron chi connectivity index (χ4n) is 1.67. The molecule has 2 amide bonds. The van der Waals surface area contributed by atoms with Gasteiger partial charge in [0.25, 0.3) is 0 Å². The van der Waals surface area contributed by atoms with Gasteiger partial charge >= 0.3 is 0 Å². The molecule has 1 aromatic carbocycles. The molecule has 0 bridgehead atoms. The van der Waals surface area contributed by atoms with Crippen LogP contribution in [0.1, 0.15) is 5.56 Å². The van der Waals surface area contributed by atoms with Gasteiger partial charge < -0.3 is 0 Å². The largest absolute Gasteiger partial charge is 0.276 e. The Bertz CT molecular complexity index is 570. The molecule has 0 radical (unpaired) electrons. The van der Waals surface area contributed by atoms with Crippen LogP contribution < -0.4 is 0 Å². The summed E-state index contributed by atoms with van der Waals surface area (Å²) >= 11 is 0. The van der Waals surface area contributed by atoms with Gasteiger partial charge in [0.05, 0.1) is 6.54 Å². The summed E-state index contributed by atoms with van der Waals surface area (Å²) < 4.78 is 35.1. The number of halogens is 1. The van der Waals surface area contributed by atoms with Crippen LogP contribution in [0.25, 0.3) is 0 Å². The predicted octanol–water partition coefficient (Wildman–Crippen LogP) is 0.109. The van der Waals surface area contributed by atoms with E-state index >= 15 is 0 Å². The summed E-state index contributed by atoms with van der Waals surface area (Å²) in [4.78, 5) is 24.0. The minimum absolute atomic E-state index is 0.0343. The third-order valence-electron chi connectivity index (χ3n) is 2.54. The zero-order chi connectivity index (χ0) is 13.3. The molecule has 18 heavy (non-hydrogen) atoms. The average Bonchev–Trinajstić information content (AvgIpc) is 2.24. The molecule has 1 aromatic rings. The molecule has 2 rings (SSSR count). The Kier molecular flexibility index (Phi) is 3.16. The Morgan fingerprint density at radius 1 is 1.06 bits per heavy atom. The van der Waals surface area contributed by atoms with Gasteiger partial charge in [-0.1, -0.05) is 12.1 Å². The molecule has 0 unspecified atom stereocenters. The molecule has 96 valence electrons. The third kappa shape index (κ3) is 2.73. The smallest absolute Gasteiger partial charge is 0.244 e. The van der Waals surface area contributed by atoms with Crippen molar-refractivity contribution < 1.29 is 22.4 Å². The molecule has 7 heteroatoms. The van der Waals surface area contributed by atoms with Crippen molar-refractivity contribution in [1.29, 1.82) is 0 Å². The topological polar surface area (TPSA) is 71.5 Å². The van der Waals surface area contributed by atoms with Crippen LogP contribution in [0.15, 0.2) is 24.3 Å². The molecule has 0 saturated carbocycles. The maximum Gasteiger partial charge on any atom is 0.244 e. The summed E-state index contributed by atoms with van der Waals surface area (Å²) in [6, 6.07) is 5.31. The Morgan fingerprint density at radius 3 is 2.06 bits per heavy atom. The Hall–Kier alpha value is -1.76. The highest BCUT2D eigenvalue weighted by atomic mass is 32.2. The lowest BCUT2D eigenvalue weighted by atomic mass is 10.2. The molecule has 1 heterocycles. The summed E-state index contributed by atoms with van der Waals surface area (Å²) in [5, 5.41) is 0. The zero-order valence-electron chi connectivity index (χ0n) is 9.30. The zero-order valence-corrected chi connectivity index (χ0v) is 10.1. The second-order valence-corrected chi connectivity index (χ2v) is 6.10. The average molecular weight is 271 g/mol. The van der Waals surface area contributed by atoms with Crippen LogP contribution in [0.2, 0.25) is 0 Å². The summed E-state index contributed by atoms with van der Waals surface area (Å²) in [6.45, 7) is -0.0343. The van der Waals surface area contributed by atoms with Gasteiger partial charge in [0.1, 0.15) is 17.3 Å². The molecular formula is C11H10FNO4S. The third-order valence-corrected chi connectivity index (χ3v) is 3.92. The van der Waals surface area contributed by atoms with E-state index in [0.29, 0.717) is 5.56 Å². The second kappa shape index (κ2) is 4.49. The van der Waals surface area contributed by atoms with E-state index in [1.807, 2.05) is 0 Å². The fourth-order valence-corrected chi connectivity index (χ4v) is 2.84. The van der Waals surface area contributed by atoms with Crippen molar-refractivity contribution in [3.8, 4) is 0 Å². The number of hydrogen-bond acceptors (Lipinski definition) is 4. The molecule has 0 N–H and O–H groups in total. The number of sulfone groups is 1. The number of carbonyl (C=O) groups excluding carboxylic acids is 2. The number of imide groups is 1. The van der Waals surface area contributed by atoms with Crippen LogP contribution >= 0.6 is 0 Å². The Balaban J connectivity index is 2.17. The SMILES string of the molecule is O=C1CS(=O)(=O)CC(=O)N1Cc1ccc(F)cc1. The van der Waals surface area contributed by atoms with E-state index in [1.54, 1.807) is 0 Å². The van der Waals surface area contributed by atoms with E-state index in [2.05, 4.69) is 0 Å². The highest BCUT2D eigenvalue weighted by Crippen LogP contribution is 2.12. The van der Waals surface area contributed by atoms with Gasteiger partial charge in [0.15, 0.2) is 9.84 Å². The van der Waals surface area contributed by atoms with Crippen molar-refractivity contribution in [2.75, 3.05) is 11.5 Å². The lowest BCUT2D eigenvalue weighted by Gasteiger charge is -2.24. The molecule has 5 nitrogen and oxygen atoms in total. The minimum Gasteiger partial charge on any atom is -0.276 e. The van der Waals surface area contributed by atoms with Gasteiger partial charge in [-0.15, -0.1) is 0 Å². The molecular weight excluding hydrogens is 261 g/mol. The maximum atomic E-state index is 12.7. The van der Waals surface area contributed by atoms with E-state index < -0.39 is 39.0 Å². The predicted molar refractivity (Wildman–Crippen MR) is 60.6 cm³/mol. The molecule has 1 fully saturated rings. The normalized spacial score (nSPS) is 19.1. The highest BCUT2D eigenvalue weighted by Gasteiger charge is 2.35. The van der Waals surface area contributed by atoms with Gasteiger partial charge in [-0.3, -0.25) is 14.5 Å². The van der Waals surface area contributed by atoms with Crippen molar-refractivity contribution >= 4 is 21.7 Å². The molecule has 0 aromatic heterocycles. The quantitative estimate of drug-likeness (QED) is 0.716. The summed E-state index contributed by atoms with van der Waals surface area (Å²) in [6.07, 6.45) is 0. The monoisotopic (exact) mass is 271 g/mol. The molecule has 1 aliphatic rings. The first-order chi connectivity index (χ1) is 8.37. The summed E-state index contributed by atoms with van der Waals surface area (Å²) in [5.41, 5.74) is 0.567. The van der Waals surface area contributed by atoms with Crippen LogP contribution in [0.3, 0.4) is 0 Å². The first-order valence-corrected chi connectivity index (χ1v) is 6.97. The van der Waals surface area contributed by atoms with Gasteiger partial charge in [0.2, 0.25) is 11.8 Å². The van der Waals surface area contributed by atoms with Crippen LogP contribution in [-0.2, 0) is 26.0 Å². The first kappa shape index (κ1) is 12.7. The molecule has 0 aliphatic carbocycles. The van der Waals surface area contributed by atoms with Crippen molar-refractivity contribution in [2.24, 2.45) is 0 Å². The second-order valence-electron chi connectivity index (χ2n) is 4.03.